The second kappa shape index (κ2) is 4.14. The molecule has 0 radical (unpaired) electrons. The number of rotatable bonds is 3. The van der Waals surface area contributed by atoms with Crippen molar-refractivity contribution in [2.75, 3.05) is 13.1 Å². The third-order valence-electron chi connectivity index (χ3n) is 1.96. The minimum absolute atomic E-state index is 0.157. The summed E-state index contributed by atoms with van der Waals surface area (Å²) in [6.07, 6.45) is -6.83. The van der Waals surface area contributed by atoms with Gasteiger partial charge >= 0.3 is 6.18 Å². The molecule has 0 saturated carbocycles. The first-order valence-corrected chi connectivity index (χ1v) is 4.14. The topological polar surface area (TPSA) is 61.4 Å². The Morgan fingerprint density at radius 2 is 2.29 bits per heavy atom. The van der Waals surface area contributed by atoms with Crippen molar-refractivity contribution >= 4 is 5.91 Å². The van der Waals surface area contributed by atoms with Gasteiger partial charge in [-0.2, -0.15) is 13.2 Å². The van der Waals surface area contributed by atoms with Crippen LogP contribution in [0.2, 0.25) is 0 Å². The van der Waals surface area contributed by atoms with E-state index in [9.17, 15) is 18.0 Å². The maximum atomic E-state index is 11.8. The molecule has 1 rings (SSSR count). The molecule has 0 bridgehead atoms. The molecule has 14 heavy (non-hydrogen) atoms. The molecule has 0 aromatic rings. The Morgan fingerprint density at radius 3 is 2.71 bits per heavy atom. The quantitative estimate of drug-likeness (QED) is 0.584. The summed E-state index contributed by atoms with van der Waals surface area (Å²) in [4.78, 5) is 10.7. The first kappa shape index (κ1) is 11.3. The maximum absolute atomic E-state index is 11.8. The molecule has 0 aliphatic carbocycles. The summed E-state index contributed by atoms with van der Waals surface area (Å²) in [5, 5.41) is 13.6. The average Bonchev–Trinajstić information content (AvgIpc) is 2.45. The second-order valence-electron chi connectivity index (χ2n) is 3.17. The van der Waals surface area contributed by atoms with Crippen molar-refractivity contribution in [2.45, 2.75) is 24.7 Å². The molecule has 2 atom stereocenters. The van der Waals surface area contributed by atoms with Gasteiger partial charge in [-0.05, 0) is 0 Å². The second-order valence-corrected chi connectivity index (χ2v) is 3.17. The lowest BCUT2D eigenvalue weighted by atomic mass is 10.2. The Bertz CT molecular complexity index is 219. The number of amides is 1. The number of carbonyl (C=O) groups excluding carboxylic acids is 1. The number of nitrogens with one attached hydrogen (secondary N) is 2. The molecule has 0 aromatic carbocycles. The van der Waals surface area contributed by atoms with Gasteiger partial charge in [-0.1, -0.05) is 0 Å². The maximum Gasteiger partial charge on any atom is 0.415 e. The number of aliphatic hydroxyl groups excluding tert-OH is 1. The minimum atomic E-state index is -4.61. The number of hydrogen-bond donors (Lipinski definition) is 3. The highest BCUT2D eigenvalue weighted by molar-refractivity contribution is 5.78. The Labute approximate surface area is 78.5 Å². The molecule has 1 aliphatic rings. The predicted octanol–water partition coefficient (Wildman–Crippen LogP) is -0.612. The summed E-state index contributed by atoms with van der Waals surface area (Å²) in [5.41, 5.74) is 0. The lowest BCUT2D eigenvalue weighted by molar-refractivity contribution is -0.202. The molecular formula is C7H11F3N2O2. The van der Waals surface area contributed by atoms with Gasteiger partial charge in [0.15, 0.2) is 6.10 Å². The first-order valence-electron chi connectivity index (χ1n) is 4.14. The van der Waals surface area contributed by atoms with E-state index in [2.05, 4.69) is 10.6 Å². The molecule has 2 unspecified atom stereocenters. The first-order chi connectivity index (χ1) is 6.39. The van der Waals surface area contributed by atoms with Gasteiger partial charge < -0.3 is 15.7 Å². The van der Waals surface area contributed by atoms with E-state index in [1.54, 1.807) is 0 Å². The van der Waals surface area contributed by atoms with Gasteiger partial charge in [-0.25, -0.2) is 0 Å². The van der Waals surface area contributed by atoms with Crippen LogP contribution in [-0.4, -0.2) is 42.4 Å². The van der Waals surface area contributed by atoms with Gasteiger partial charge in [-0.3, -0.25) is 4.79 Å². The zero-order chi connectivity index (χ0) is 10.8. The molecule has 1 aliphatic heterocycles. The van der Waals surface area contributed by atoms with Gasteiger partial charge in [0.25, 0.3) is 0 Å². The van der Waals surface area contributed by atoms with E-state index in [-0.39, 0.29) is 18.4 Å². The molecule has 3 N–H and O–H groups in total. The van der Waals surface area contributed by atoms with Gasteiger partial charge in [-0.15, -0.1) is 0 Å². The summed E-state index contributed by atoms with van der Waals surface area (Å²) in [6, 6.07) is -0.320. The zero-order valence-electron chi connectivity index (χ0n) is 7.27. The summed E-state index contributed by atoms with van der Waals surface area (Å²) < 4.78 is 35.5. The van der Waals surface area contributed by atoms with Crippen molar-refractivity contribution in [1.29, 1.82) is 0 Å². The van der Waals surface area contributed by atoms with Gasteiger partial charge in [0.1, 0.15) is 0 Å². The van der Waals surface area contributed by atoms with Crippen LogP contribution < -0.4 is 10.6 Å². The highest BCUT2D eigenvalue weighted by Crippen LogP contribution is 2.19. The Morgan fingerprint density at radius 1 is 1.64 bits per heavy atom. The van der Waals surface area contributed by atoms with Crippen molar-refractivity contribution in [1.82, 2.24) is 10.6 Å². The SMILES string of the molecule is O=C1CC(NCC(O)C(F)(F)F)CN1. The highest BCUT2D eigenvalue weighted by atomic mass is 19.4. The molecule has 1 saturated heterocycles. The Kier molecular flexibility index (Phi) is 3.33. The van der Waals surface area contributed by atoms with Crippen LogP contribution in [0, 0.1) is 0 Å². The van der Waals surface area contributed by atoms with E-state index >= 15 is 0 Å². The third-order valence-corrected chi connectivity index (χ3v) is 1.96. The van der Waals surface area contributed by atoms with E-state index < -0.39 is 18.8 Å². The molecule has 4 nitrogen and oxygen atoms in total. The number of halogens is 3. The van der Waals surface area contributed by atoms with Crippen LogP contribution in [-0.2, 0) is 4.79 Å². The monoisotopic (exact) mass is 212 g/mol. The molecule has 1 amide bonds. The highest BCUT2D eigenvalue weighted by Gasteiger charge is 2.38. The standard InChI is InChI=1S/C7H11F3N2O2/c8-7(9,10)5(13)3-11-4-1-6(14)12-2-4/h4-5,11,13H,1-3H2,(H,12,14). The predicted molar refractivity (Wildman–Crippen MR) is 41.5 cm³/mol. The summed E-state index contributed by atoms with van der Waals surface area (Å²) in [6.45, 7) is -0.271. The van der Waals surface area contributed by atoms with E-state index in [0.717, 1.165) is 0 Å². The fourth-order valence-corrected chi connectivity index (χ4v) is 1.14. The van der Waals surface area contributed by atoms with E-state index in [0.29, 0.717) is 6.54 Å². The minimum Gasteiger partial charge on any atom is -0.382 e. The van der Waals surface area contributed by atoms with Crippen LogP contribution in [0.4, 0.5) is 13.2 Å². The van der Waals surface area contributed by atoms with Gasteiger partial charge in [0.2, 0.25) is 5.91 Å². The molecule has 0 spiro atoms. The number of carbonyl (C=O) groups is 1. The van der Waals surface area contributed by atoms with E-state index in [4.69, 9.17) is 5.11 Å². The van der Waals surface area contributed by atoms with Crippen molar-refractivity contribution in [2.24, 2.45) is 0 Å². The molecule has 0 aromatic heterocycles. The number of hydrogen-bond acceptors (Lipinski definition) is 3. The Hall–Kier alpha value is -0.820. The third kappa shape index (κ3) is 3.15. The van der Waals surface area contributed by atoms with Crippen molar-refractivity contribution < 1.29 is 23.1 Å². The van der Waals surface area contributed by atoms with Crippen LogP contribution in [0.15, 0.2) is 0 Å². The lowest BCUT2D eigenvalue weighted by Gasteiger charge is -2.17. The van der Waals surface area contributed by atoms with Crippen molar-refractivity contribution in [3.63, 3.8) is 0 Å². The summed E-state index contributed by atoms with van der Waals surface area (Å²) in [5.74, 6) is -0.191. The number of alkyl halides is 3. The fourth-order valence-electron chi connectivity index (χ4n) is 1.14. The molecule has 1 heterocycles. The van der Waals surface area contributed by atoms with E-state index in [1.165, 1.54) is 0 Å². The zero-order valence-corrected chi connectivity index (χ0v) is 7.27. The molecule has 7 heteroatoms. The van der Waals surface area contributed by atoms with Crippen LogP contribution >= 0.6 is 0 Å². The van der Waals surface area contributed by atoms with Crippen LogP contribution in [0.3, 0.4) is 0 Å². The smallest absolute Gasteiger partial charge is 0.382 e. The van der Waals surface area contributed by atoms with Crippen LogP contribution in [0.1, 0.15) is 6.42 Å². The lowest BCUT2D eigenvalue weighted by Crippen LogP contribution is -2.43. The van der Waals surface area contributed by atoms with Gasteiger partial charge in [0.05, 0.1) is 0 Å². The van der Waals surface area contributed by atoms with Crippen molar-refractivity contribution in [3.05, 3.63) is 0 Å². The largest absolute Gasteiger partial charge is 0.415 e. The molecule has 82 valence electrons. The molecular weight excluding hydrogens is 201 g/mol. The number of aliphatic hydroxyl groups is 1. The average molecular weight is 212 g/mol. The fraction of sp³-hybridized carbons (Fsp3) is 0.857. The summed E-state index contributed by atoms with van der Waals surface area (Å²) >= 11 is 0. The molecule has 1 fully saturated rings. The normalized spacial score (nSPS) is 24.9. The van der Waals surface area contributed by atoms with Crippen LogP contribution in [0.25, 0.3) is 0 Å². The van der Waals surface area contributed by atoms with Crippen molar-refractivity contribution in [3.8, 4) is 0 Å². The van der Waals surface area contributed by atoms with E-state index in [1.807, 2.05) is 0 Å². The van der Waals surface area contributed by atoms with Crippen LogP contribution in [0.5, 0.6) is 0 Å². The van der Waals surface area contributed by atoms with Gasteiger partial charge in [0, 0.05) is 25.6 Å². The summed E-state index contributed by atoms with van der Waals surface area (Å²) in [7, 11) is 0. The Balaban J connectivity index is 2.24.